The summed E-state index contributed by atoms with van der Waals surface area (Å²) in [5, 5.41) is 6.42. The highest BCUT2D eigenvalue weighted by Crippen LogP contribution is 2.12. The molecule has 0 saturated carbocycles. The smallest absolute Gasteiger partial charge is 0.224 e. The molecule has 0 aliphatic rings. The van der Waals surface area contributed by atoms with Crippen LogP contribution in [0.5, 0.6) is 5.75 Å². The van der Waals surface area contributed by atoms with Gasteiger partial charge in [0.05, 0.1) is 7.11 Å². The number of nitrogens with zero attached hydrogens (tertiary/aromatic N) is 2. The van der Waals surface area contributed by atoms with Crippen LogP contribution < -0.4 is 15.4 Å². The number of nitrogens with one attached hydrogen (secondary N) is 2. The average Bonchev–Trinajstić information content (AvgIpc) is 2.71. The van der Waals surface area contributed by atoms with E-state index < -0.39 is 0 Å². The quantitative estimate of drug-likeness (QED) is 0.335. The first kappa shape index (κ1) is 23.7. The van der Waals surface area contributed by atoms with Gasteiger partial charge in [-0.1, -0.05) is 42.5 Å². The van der Waals surface area contributed by atoms with Crippen LogP contribution in [0.1, 0.15) is 17.5 Å². The number of carbonyl (C=O) groups is 1. The Hall–Kier alpha value is -2.29. The monoisotopic (exact) mass is 496 g/mol. The molecule has 0 aliphatic carbocycles. The lowest BCUT2D eigenvalue weighted by Crippen LogP contribution is -2.39. The van der Waals surface area contributed by atoms with Crippen LogP contribution in [0.25, 0.3) is 0 Å². The average molecular weight is 496 g/mol. The van der Waals surface area contributed by atoms with Gasteiger partial charge in [0.25, 0.3) is 0 Å². The third kappa shape index (κ3) is 8.16. The third-order valence-corrected chi connectivity index (χ3v) is 4.14. The van der Waals surface area contributed by atoms with Crippen LogP contribution in [-0.4, -0.2) is 44.5 Å². The number of rotatable bonds is 8. The van der Waals surface area contributed by atoms with Crippen LogP contribution in [0.15, 0.2) is 59.6 Å². The molecule has 152 valence electrons. The van der Waals surface area contributed by atoms with E-state index in [9.17, 15) is 4.79 Å². The topological polar surface area (TPSA) is 66.0 Å². The van der Waals surface area contributed by atoms with Gasteiger partial charge in [0.1, 0.15) is 5.75 Å². The van der Waals surface area contributed by atoms with E-state index in [1.807, 2.05) is 61.6 Å². The molecule has 6 nitrogen and oxygen atoms in total. The van der Waals surface area contributed by atoms with Crippen molar-refractivity contribution in [3.8, 4) is 5.75 Å². The zero-order valence-corrected chi connectivity index (χ0v) is 19.0. The van der Waals surface area contributed by atoms with E-state index in [-0.39, 0.29) is 29.9 Å². The summed E-state index contributed by atoms with van der Waals surface area (Å²) in [6, 6.07) is 17.8. The molecule has 0 aliphatic heterocycles. The molecule has 0 radical (unpaired) electrons. The second-order valence-corrected chi connectivity index (χ2v) is 6.19. The first-order valence-electron chi connectivity index (χ1n) is 8.97. The van der Waals surface area contributed by atoms with Crippen molar-refractivity contribution < 1.29 is 9.53 Å². The number of ether oxygens (including phenoxy) is 1. The summed E-state index contributed by atoms with van der Waals surface area (Å²) in [7, 11) is 5.19. The fourth-order valence-electron chi connectivity index (χ4n) is 2.61. The SMILES string of the molecule is CN=C(NCCC(=O)N(C)Cc1ccccc1)NCc1cccc(OC)c1.I. The maximum absolute atomic E-state index is 12.3. The molecule has 0 atom stereocenters. The fraction of sp³-hybridized carbons (Fsp3) is 0.333. The van der Waals surface area contributed by atoms with Crippen LogP contribution in [0, 0.1) is 0 Å². The van der Waals surface area contributed by atoms with Crippen molar-refractivity contribution in [3.05, 3.63) is 65.7 Å². The number of carbonyl (C=O) groups excluding carboxylic acids is 1. The maximum atomic E-state index is 12.3. The molecule has 0 aromatic heterocycles. The minimum absolute atomic E-state index is 0. The van der Waals surface area contributed by atoms with E-state index >= 15 is 0 Å². The number of halogens is 1. The van der Waals surface area contributed by atoms with Gasteiger partial charge in [-0.3, -0.25) is 9.79 Å². The lowest BCUT2D eigenvalue weighted by Gasteiger charge is -2.18. The van der Waals surface area contributed by atoms with Gasteiger partial charge < -0.3 is 20.3 Å². The Morgan fingerprint density at radius 2 is 1.79 bits per heavy atom. The van der Waals surface area contributed by atoms with Gasteiger partial charge in [0.15, 0.2) is 5.96 Å². The highest BCUT2D eigenvalue weighted by molar-refractivity contribution is 14.0. The lowest BCUT2D eigenvalue weighted by molar-refractivity contribution is -0.130. The number of methoxy groups -OCH3 is 1. The first-order valence-corrected chi connectivity index (χ1v) is 8.97. The van der Waals surface area contributed by atoms with Crippen LogP contribution in [-0.2, 0) is 17.9 Å². The van der Waals surface area contributed by atoms with Gasteiger partial charge in [0, 0.05) is 40.2 Å². The van der Waals surface area contributed by atoms with E-state index in [0.717, 1.165) is 16.9 Å². The highest BCUT2D eigenvalue weighted by atomic mass is 127. The summed E-state index contributed by atoms with van der Waals surface area (Å²) in [6.07, 6.45) is 0.406. The predicted molar refractivity (Wildman–Crippen MR) is 124 cm³/mol. The van der Waals surface area contributed by atoms with Crippen molar-refractivity contribution in [2.24, 2.45) is 4.99 Å². The van der Waals surface area contributed by atoms with E-state index in [4.69, 9.17) is 4.74 Å². The van der Waals surface area contributed by atoms with Crippen molar-refractivity contribution >= 4 is 35.8 Å². The van der Waals surface area contributed by atoms with Gasteiger partial charge in [-0.05, 0) is 23.3 Å². The summed E-state index contributed by atoms with van der Waals surface area (Å²) in [4.78, 5) is 18.2. The Balaban J connectivity index is 0.00000392. The molecule has 2 N–H and O–H groups in total. The Kier molecular flexibility index (Phi) is 11.0. The lowest BCUT2D eigenvalue weighted by atomic mass is 10.2. The number of guanidine groups is 1. The Bertz CT molecular complexity index is 753. The zero-order chi connectivity index (χ0) is 19.5. The van der Waals surface area contributed by atoms with Gasteiger partial charge in [0.2, 0.25) is 5.91 Å². The van der Waals surface area contributed by atoms with Crippen molar-refractivity contribution in [2.45, 2.75) is 19.5 Å². The van der Waals surface area contributed by atoms with Gasteiger partial charge in [-0.2, -0.15) is 0 Å². The normalized spacial score (nSPS) is 10.6. The van der Waals surface area contributed by atoms with Crippen molar-refractivity contribution in [1.82, 2.24) is 15.5 Å². The fourth-order valence-corrected chi connectivity index (χ4v) is 2.61. The van der Waals surface area contributed by atoms with Gasteiger partial charge >= 0.3 is 0 Å². The second-order valence-electron chi connectivity index (χ2n) is 6.19. The van der Waals surface area contributed by atoms with Crippen LogP contribution >= 0.6 is 24.0 Å². The molecule has 0 heterocycles. The molecular formula is C21H29IN4O2. The Morgan fingerprint density at radius 1 is 1.07 bits per heavy atom. The van der Waals surface area contributed by atoms with Crippen LogP contribution in [0.3, 0.4) is 0 Å². The third-order valence-electron chi connectivity index (χ3n) is 4.14. The molecule has 0 spiro atoms. The molecule has 2 aromatic carbocycles. The molecule has 0 bridgehead atoms. The molecule has 2 rings (SSSR count). The van der Waals surface area contributed by atoms with Gasteiger partial charge in [-0.25, -0.2) is 0 Å². The molecule has 1 amide bonds. The predicted octanol–water partition coefficient (Wildman–Crippen LogP) is 3.03. The van der Waals surface area contributed by atoms with E-state index in [1.165, 1.54) is 0 Å². The summed E-state index contributed by atoms with van der Waals surface area (Å²) in [5.41, 5.74) is 2.22. The molecule has 0 fully saturated rings. The molecule has 28 heavy (non-hydrogen) atoms. The van der Waals surface area contributed by atoms with Crippen molar-refractivity contribution in [2.75, 3.05) is 27.7 Å². The minimum atomic E-state index is 0. The number of benzene rings is 2. The van der Waals surface area contributed by atoms with Crippen LogP contribution in [0.2, 0.25) is 0 Å². The summed E-state index contributed by atoms with van der Waals surface area (Å²) in [5.74, 6) is 1.58. The van der Waals surface area contributed by atoms with Crippen LogP contribution in [0.4, 0.5) is 0 Å². The molecule has 0 saturated heterocycles. The van der Waals surface area contributed by atoms with Crippen molar-refractivity contribution in [3.63, 3.8) is 0 Å². The molecule has 2 aromatic rings. The number of hydrogen-bond donors (Lipinski definition) is 2. The number of hydrogen-bond acceptors (Lipinski definition) is 3. The highest BCUT2D eigenvalue weighted by Gasteiger charge is 2.09. The number of amides is 1. The zero-order valence-electron chi connectivity index (χ0n) is 16.6. The van der Waals surface area contributed by atoms with E-state index in [1.54, 1.807) is 19.1 Å². The Morgan fingerprint density at radius 3 is 2.46 bits per heavy atom. The Labute approximate surface area is 184 Å². The van der Waals surface area contributed by atoms with Gasteiger partial charge in [-0.15, -0.1) is 24.0 Å². The first-order chi connectivity index (χ1) is 13.1. The largest absolute Gasteiger partial charge is 0.497 e. The molecule has 0 unspecified atom stereocenters. The van der Waals surface area contributed by atoms with E-state index in [2.05, 4.69) is 15.6 Å². The standard InChI is InChI=1S/C21H28N4O2.HI/c1-22-21(24-15-18-10-7-11-19(14-18)27-3)23-13-12-20(26)25(2)16-17-8-5-4-6-9-17;/h4-11,14H,12-13,15-16H2,1-3H3,(H2,22,23,24);1H. The summed E-state index contributed by atoms with van der Waals surface area (Å²) >= 11 is 0. The minimum Gasteiger partial charge on any atom is -0.497 e. The number of aliphatic imine (C=N–C) groups is 1. The molecular weight excluding hydrogens is 467 g/mol. The van der Waals surface area contributed by atoms with Crippen molar-refractivity contribution in [1.29, 1.82) is 0 Å². The molecule has 7 heteroatoms. The summed E-state index contributed by atoms with van der Waals surface area (Å²) < 4.78 is 5.23. The second kappa shape index (κ2) is 13.0. The summed E-state index contributed by atoms with van der Waals surface area (Å²) in [6.45, 7) is 1.76. The maximum Gasteiger partial charge on any atom is 0.224 e. The van der Waals surface area contributed by atoms with E-state index in [0.29, 0.717) is 32.0 Å².